The second kappa shape index (κ2) is 5.02. The van der Waals surface area contributed by atoms with Crippen molar-refractivity contribution in [1.82, 2.24) is 0 Å². The van der Waals surface area contributed by atoms with Crippen LogP contribution < -0.4 is 4.74 Å². The summed E-state index contributed by atoms with van der Waals surface area (Å²) in [6, 6.07) is 7.70. The Hall–Kier alpha value is -1.48. The van der Waals surface area contributed by atoms with Crippen molar-refractivity contribution >= 4 is 23.9 Å². The summed E-state index contributed by atoms with van der Waals surface area (Å²) in [6.45, 7) is 5.97. The number of methoxy groups -OCH3 is 1. The number of ether oxygens (including phenoxy) is 2. The van der Waals surface area contributed by atoms with Crippen LogP contribution in [-0.2, 0) is 4.74 Å². The Morgan fingerprint density at radius 1 is 1.17 bits per heavy atom. The Labute approximate surface area is 114 Å². The summed E-state index contributed by atoms with van der Waals surface area (Å²) >= 11 is 0. The Morgan fingerprint density at radius 2 is 1.72 bits per heavy atom. The molecule has 1 heterocycles. The lowest BCUT2D eigenvalue weighted by atomic mass is 9.93. The molecule has 0 fully saturated rings. The quantitative estimate of drug-likeness (QED) is 0.888. The fraction of sp³-hybridized carbons (Fsp3) is 0.357. The molecule has 0 atom stereocenters. The highest BCUT2D eigenvalue weighted by Gasteiger charge is 2.35. The van der Waals surface area contributed by atoms with Crippen LogP contribution >= 0.6 is 12.4 Å². The van der Waals surface area contributed by atoms with Crippen LogP contribution in [0, 0.1) is 5.41 Å². The van der Waals surface area contributed by atoms with Gasteiger partial charge in [0, 0.05) is 5.57 Å². The lowest BCUT2D eigenvalue weighted by Gasteiger charge is -2.18. The summed E-state index contributed by atoms with van der Waals surface area (Å²) in [7, 11) is 1.64. The van der Waals surface area contributed by atoms with Crippen LogP contribution in [0.2, 0.25) is 0 Å². The summed E-state index contributed by atoms with van der Waals surface area (Å²) in [5.41, 5.74) is 2.59. The number of benzene rings is 1. The molecule has 0 spiro atoms. The first-order chi connectivity index (χ1) is 7.95. The molecule has 2 rings (SSSR count). The fourth-order valence-corrected chi connectivity index (χ4v) is 1.96. The lowest BCUT2D eigenvalue weighted by Crippen LogP contribution is -2.21. The van der Waals surface area contributed by atoms with E-state index in [1.54, 1.807) is 7.11 Å². The first-order valence-electron chi connectivity index (χ1n) is 5.59. The van der Waals surface area contributed by atoms with E-state index >= 15 is 0 Å². The van der Waals surface area contributed by atoms with Crippen LogP contribution in [0.25, 0.3) is 5.57 Å². The molecule has 98 valence electrons. The zero-order chi connectivity index (χ0) is 12.6. The molecule has 0 amide bonds. The van der Waals surface area contributed by atoms with Crippen molar-refractivity contribution in [3.05, 3.63) is 35.4 Å². The molecule has 0 bridgehead atoms. The van der Waals surface area contributed by atoms with Gasteiger partial charge in [-0.1, -0.05) is 12.1 Å². The van der Waals surface area contributed by atoms with Gasteiger partial charge in [-0.25, -0.2) is 0 Å². The van der Waals surface area contributed by atoms with E-state index in [0.717, 1.165) is 22.5 Å². The third kappa shape index (κ3) is 2.36. The zero-order valence-electron chi connectivity index (χ0n) is 11.0. The first-order valence-corrected chi connectivity index (χ1v) is 5.59. The summed E-state index contributed by atoms with van der Waals surface area (Å²) in [5.74, 6) is 1.06. The highest BCUT2D eigenvalue weighted by atomic mass is 35.5. The molecular weight excluding hydrogens is 250 g/mol. The predicted octanol–water partition coefficient (Wildman–Crippen LogP) is 3.68. The van der Waals surface area contributed by atoms with E-state index in [0.29, 0.717) is 0 Å². The molecule has 0 unspecified atom stereocenters. The van der Waals surface area contributed by atoms with E-state index in [1.165, 1.54) is 0 Å². The van der Waals surface area contributed by atoms with E-state index < -0.39 is 0 Å². The summed E-state index contributed by atoms with van der Waals surface area (Å²) in [5, 5.41) is 7.92. The van der Waals surface area contributed by atoms with Gasteiger partial charge in [0.25, 0.3) is 0 Å². The van der Waals surface area contributed by atoms with E-state index in [9.17, 15) is 0 Å². The van der Waals surface area contributed by atoms with Gasteiger partial charge in [0.15, 0.2) is 0 Å². The van der Waals surface area contributed by atoms with Gasteiger partial charge < -0.3 is 9.47 Å². The van der Waals surface area contributed by atoms with Crippen LogP contribution in [-0.4, -0.2) is 18.6 Å². The standard InChI is InChI=1S/C14H17NO2.ClH/c1-9-12(13(15)17-14(9,2)3)10-5-7-11(16-4)8-6-10;/h5-8,15H,1-4H3;1H. The van der Waals surface area contributed by atoms with Gasteiger partial charge in [0.05, 0.1) is 7.11 Å². The van der Waals surface area contributed by atoms with Crippen molar-refractivity contribution in [3.8, 4) is 5.75 Å². The van der Waals surface area contributed by atoms with Crippen LogP contribution in [0.4, 0.5) is 0 Å². The predicted molar refractivity (Wildman–Crippen MR) is 75.7 cm³/mol. The summed E-state index contributed by atoms with van der Waals surface area (Å²) < 4.78 is 10.7. The van der Waals surface area contributed by atoms with Gasteiger partial charge >= 0.3 is 0 Å². The van der Waals surface area contributed by atoms with E-state index in [2.05, 4.69) is 0 Å². The molecular formula is C14H18ClNO2. The number of rotatable bonds is 2. The Balaban J connectivity index is 0.00000162. The largest absolute Gasteiger partial charge is 0.497 e. The monoisotopic (exact) mass is 267 g/mol. The first kappa shape index (κ1) is 14.6. The van der Waals surface area contributed by atoms with Crippen LogP contribution in [0.5, 0.6) is 5.75 Å². The Kier molecular flexibility index (Phi) is 4.07. The molecule has 1 aromatic rings. The maximum Gasteiger partial charge on any atom is 0.214 e. The van der Waals surface area contributed by atoms with Gasteiger partial charge in [0.1, 0.15) is 11.4 Å². The third-order valence-electron chi connectivity index (χ3n) is 3.24. The minimum atomic E-state index is -0.383. The Morgan fingerprint density at radius 3 is 2.11 bits per heavy atom. The normalized spacial score (nSPS) is 17.2. The van der Waals surface area contributed by atoms with Crippen LogP contribution in [0.3, 0.4) is 0 Å². The minimum absolute atomic E-state index is 0. The number of nitrogens with one attached hydrogen (secondary N) is 1. The molecule has 0 saturated carbocycles. The number of hydrogen-bond acceptors (Lipinski definition) is 3. The van der Waals surface area contributed by atoms with E-state index in [4.69, 9.17) is 14.9 Å². The van der Waals surface area contributed by atoms with Crippen molar-refractivity contribution in [2.24, 2.45) is 0 Å². The maximum absolute atomic E-state index is 7.92. The van der Waals surface area contributed by atoms with E-state index in [-0.39, 0.29) is 23.9 Å². The highest BCUT2D eigenvalue weighted by molar-refractivity contribution is 6.21. The fourth-order valence-electron chi connectivity index (χ4n) is 1.96. The molecule has 1 aliphatic heterocycles. The van der Waals surface area contributed by atoms with Crippen molar-refractivity contribution in [2.45, 2.75) is 26.4 Å². The summed E-state index contributed by atoms with van der Waals surface area (Å²) in [6.07, 6.45) is 0. The minimum Gasteiger partial charge on any atom is -0.497 e. The second-order valence-corrected chi connectivity index (χ2v) is 4.67. The van der Waals surface area contributed by atoms with Gasteiger partial charge in [-0.15, -0.1) is 12.4 Å². The molecule has 1 N–H and O–H groups in total. The molecule has 1 aliphatic rings. The number of hydrogen-bond donors (Lipinski definition) is 1. The molecule has 1 aromatic carbocycles. The van der Waals surface area contributed by atoms with Crippen LogP contribution in [0.15, 0.2) is 29.8 Å². The van der Waals surface area contributed by atoms with Gasteiger partial charge in [-0.3, -0.25) is 5.41 Å². The SMILES string of the molecule is COc1ccc(C2=C(C)C(C)(C)OC2=N)cc1.Cl. The molecule has 18 heavy (non-hydrogen) atoms. The zero-order valence-corrected chi connectivity index (χ0v) is 11.9. The third-order valence-corrected chi connectivity index (χ3v) is 3.24. The van der Waals surface area contributed by atoms with Crippen molar-refractivity contribution in [1.29, 1.82) is 5.41 Å². The lowest BCUT2D eigenvalue weighted by molar-refractivity contribution is 0.149. The topological polar surface area (TPSA) is 42.3 Å². The van der Waals surface area contributed by atoms with Crippen LogP contribution in [0.1, 0.15) is 26.3 Å². The molecule has 0 saturated heterocycles. The van der Waals surface area contributed by atoms with Crippen molar-refractivity contribution in [3.63, 3.8) is 0 Å². The average Bonchev–Trinajstić information content (AvgIpc) is 2.49. The molecule has 4 heteroatoms. The van der Waals surface area contributed by atoms with Crippen molar-refractivity contribution < 1.29 is 9.47 Å². The van der Waals surface area contributed by atoms with Gasteiger partial charge in [-0.2, -0.15) is 0 Å². The van der Waals surface area contributed by atoms with Gasteiger partial charge in [0.2, 0.25) is 5.90 Å². The average molecular weight is 268 g/mol. The Bertz CT molecular complexity index is 489. The molecule has 0 aliphatic carbocycles. The smallest absolute Gasteiger partial charge is 0.214 e. The summed E-state index contributed by atoms with van der Waals surface area (Å²) in [4.78, 5) is 0. The van der Waals surface area contributed by atoms with E-state index in [1.807, 2.05) is 45.0 Å². The highest BCUT2D eigenvalue weighted by Crippen LogP contribution is 2.37. The van der Waals surface area contributed by atoms with Crippen molar-refractivity contribution in [2.75, 3.05) is 7.11 Å². The molecule has 3 nitrogen and oxygen atoms in total. The second-order valence-electron chi connectivity index (χ2n) is 4.67. The molecule has 0 aromatic heterocycles. The number of halogens is 1. The maximum atomic E-state index is 7.92. The molecule has 0 radical (unpaired) electrons. The van der Waals surface area contributed by atoms with Gasteiger partial charge in [-0.05, 0) is 44.0 Å².